The van der Waals surface area contributed by atoms with E-state index < -0.39 is 12.2 Å². The van der Waals surface area contributed by atoms with Gasteiger partial charge in [0.1, 0.15) is 12.7 Å². The fourth-order valence-corrected chi connectivity index (χ4v) is 1.62. The Balaban J connectivity index is 1.77. The van der Waals surface area contributed by atoms with Crippen molar-refractivity contribution < 1.29 is 10.2 Å². The molecule has 0 spiro atoms. The SMILES string of the molecule is OC1CN(CCn2cncn2)CC1O. The molecule has 1 aromatic rings. The Morgan fingerprint density at radius 3 is 2.50 bits per heavy atom. The zero-order chi connectivity index (χ0) is 9.97. The van der Waals surface area contributed by atoms with Gasteiger partial charge in [0.05, 0.1) is 18.8 Å². The Morgan fingerprint density at radius 2 is 1.93 bits per heavy atom. The molecule has 0 radical (unpaired) electrons. The van der Waals surface area contributed by atoms with Crippen molar-refractivity contribution in [3.05, 3.63) is 12.7 Å². The summed E-state index contributed by atoms with van der Waals surface area (Å²) in [4.78, 5) is 5.84. The van der Waals surface area contributed by atoms with Crippen molar-refractivity contribution in [1.82, 2.24) is 19.7 Å². The lowest BCUT2D eigenvalue weighted by Crippen LogP contribution is -2.26. The van der Waals surface area contributed by atoms with E-state index in [-0.39, 0.29) is 0 Å². The van der Waals surface area contributed by atoms with Crippen LogP contribution in [-0.4, -0.2) is 61.7 Å². The number of aliphatic hydroxyl groups excluding tert-OH is 2. The van der Waals surface area contributed by atoms with Gasteiger partial charge in [-0.25, -0.2) is 4.98 Å². The van der Waals surface area contributed by atoms with Crippen LogP contribution in [-0.2, 0) is 6.54 Å². The topological polar surface area (TPSA) is 74.4 Å². The van der Waals surface area contributed by atoms with Gasteiger partial charge in [0.15, 0.2) is 0 Å². The van der Waals surface area contributed by atoms with Crippen molar-refractivity contribution in [2.45, 2.75) is 18.8 Å². The van der Waals surface area contributed by atoms with E-state index in [4.69, 9.17) is 0 Å². The molecular formula is C8H14N4O2. The number of aliphatic hydroxyl groups is 2. The summed E-state index contributed by atoms with van der Waals surface area (Å²) in [6.07, 6.45) is 1.94. The van der Waals surface area contributed by atoms with Crippen LogP contribution in [0.5, 0.6) is 0 Å². The third-order valence-electron chi connectivity index (χ3n) is 2.45. The molecule has 0 aromatic carbocycles. The Hall–Kier alpha value is -0.980. The van der Waals surface area contributed by atoms with Crippen molar-refractivity contribution in [3.8, 4) is 0 Å². The molecule has 0 saturated carbocycles. The van der Waals surface area contributed by atoms with E-state index in [0.29, 0.717) is 13.1 Å². The Morgan fingerprint density at radius 1 is 1.21 bits per heavy atom. The van der Waals surface area contributed by atoms with Crippen LogP contribution in [0.2, 0.25) is 0 Å². The number of β-amino-alcohol motifs (C(OH)–C–C–N with tert-alkyl or cyclic N) is 2. The fourth-order valence-electron chi connectivity index (χ4n) is 1.62. The molecule has 2 unspecified atom stereocenters. The monoisotopic (exact) mass is 198 g/mol. The molecule has 14 heavy (non-hydrogen) atoms. The summed E-state index contributed by atoms with van der Waals surface area (Å²) in [7, 11) is 0. The molecule has 0 aliphatic carbocycles. The number of likely N-dealkylation sites (tertiary alicyclic amines) is 1. The lowest BCUT2D eigenvalue weighted by atomic mass is 10.3. The van der Waals surface area contributed by atoms with Crippen molar-refractivity contribution in [2.24, 2.45) is 0 Å². The van der Waals surface area contributed by atoms with Crippen LogP contribution in [0.15, 0.2) is 12.7 Å². The molecule has 1 saturated heterocycles. The number of hydrogen-bond acceptors (Lipinski definition) is 5. The van der Waals surface area contributed by atoms with Gasteiger partial charge in [0, 0.05) is 19.6 Å². The molecular weight excluding hydrogens is 184 g/mol. The van der Waals surface area contributed by atoms with Crippen molar-refractivity contribution in [2.75, 3.05) is 19.6 Å². The second-order valence-electron chi connectivity index (χ2n) is 3.55. The van der Waals surface area contributed by atoms with E-state index in [1.165, 1.54) is 6.33 Å². The van der Waals surface area contributed by atoms with Gasteiger partial charge < -0.3 is 10.2 Å². The summed E-state index contributed by atoms with van der Waals surface area (Å²) in [5, 5.41) is 22.6. The second-order valence-corrected chi connectivity index (χ2v) is 3.55. The van der Waals surface area contributed by atoms with E-state index in [1.54, 1.807) is 11.0 Å². The van der Waals surface area contributed by atoms with Gasteiger partial charge in [-0.15, -0.1) is 0 Å². The molecule has 0 bridgehead atoms. The highest BCUT2D eigenvalue weighted by molar-refractivity contribution is 4.82. The van der Waals surface area contributed by atoms with E-state index in [9.17, 15) is 10.2 Å². The van der Waals surface area contributed by atoms with Gasteiger partial charge in [-0.2, -0.15) is 5.10 Å². The normalized spacial score (nSPS) is 28.4. The van der Waals surface area contributed by atoms with Crippen LogP contribution in [0.4, 0.5) is 0 Å². The number of aromatic nitrogens is 3. The number of nitrogens with zero attached hydrogens (tertiary/aromatic N) is 4. The first-order valence-electron chi connectivity index (χ1n) is 4.66. The average molecular weight is 198 g/mol. The van der Waals surface area contributed by atoms with Gasteiger partial charge in [-0.1, -0.05) is 0 Å². The van der Waals surface area contributed by atoms with E-state index in [1.807, 2.05) is 4.90 Å². The van der Waals surface area contributed by atoms with E-state index in [2.05, 4.69) is 10.1 Å². The predicted molar refractivity (Wildman–Crippen MR) is 48.5 cm³/mol. The Kier molecular flexibility index (Phi) is 2.76. The zero-order valence-corrected chi connectivity index (χ0v) is 7.82. The van der Waals surface area contributed by atoms with Gasteiger partial charge in [-0.3, -0.25) is 9.58 Å². The smallest absolute Gasteiger partial charge is 0.137 e. The molecule has 2 atom stereocenters. The molecule has 1 aliphatic heterocycles. The Labute approximate surface area is 81.8 Å². The van der Waals surface area contributed by atoms with Crippen LogP contribution in [0.1, 0.15) is 0 Å². The molecule has 2 heterocycles. The highest BCUT2D eigenvalue weighted by atomic mass is 16.3. The highest BCUT2D eigenvalue weighted by Crippen LogP contribution is 2.09. The van der Waals surface area contributed by atoms with E-state index >= 15 is 0 Å². The van der Waals surface area contributed by atoms with Crippen molar-refractivity contribution in [1.29, 1.82) is 0 Å². The molecule has 2 N–H and O–H groups in total. The summed E-state index contributed by atoms with van der Waals surface area (Å²) in [5.74, 6) is 0. The first-order valence-corrected chi connectivity index (χ1v) is 4.66. The molecule has 1 fully saturated rings. The van der Waals surface area contributed by atoms with E-state index in [0.717, 1.165) is 13.1 Å². The first-order chi connectivity index (χ1) is 6.75. The number of rotatable bonds is 3. The first kappa shape index (κ1) is 9.57. The molecule has 2 rings (SSSR count). The summed E-state index contributed by atoms with van der Waals surface area (Å²) in [6, 6.07) is 0. The molecule has 6 heteroatoms. The fraction of sp³-hybridized carbons (Fsp3) is 0.750. The standard InChI is InChI=1S/C8H14N4O2/c13-7-3-11(4-8(7)14)1-2-12-6-9-5-10-12/h5-8,13-14H,1-4H2. The highest BCUT2D eigenvalue weighted by Gasteiger charge is 2.28. The van der Waals surface area contributed by atoms with Gasteiger partial charge in [0.2, 0.25) is 0 Å². The Bertz CT molecular complexity index is 267. The summed E-state index contributed by atoms with van der Waals surface area (Å²) < 4.78 is 1.73. The van der Waals surface area contributed by atoms with Crippen LogP contribution < -0.4 is 0 Å². The van der Waals surface area contributed by atoms with Crippen LogP contribution >= 0.6 is 0 Å². The molecule has 0 amide bonds. The lowest BCUT2D eigenvalue weighted by molar-refractivity contribution is 0.0572. The van der Waals surface area contributed by atoms with Gasteiger partial charge >= 0.3 is 0 Å². The maximum absolute atomic E-state index is 9.30. The number of hydrogen-bond donors (Lipinski definition) is 2. The van der Waals surface area contributed by atoms with Gasteiger partial charge in [0.25, 0.3) is 0 Å². The summed E-state index contributed by atoms with van der Waals surface area (Å²) >= 11 is 0. The van der Waals surface area contributed by atoms with Crippen LogP contribution in [0.3, 0.4) is 0 Å². The largest absolute Gasteiger partial charge is 0.389 e. The third-order valence-corrected chi connectivity index (χ3v) is 2.45. The van der Waals surface area contributed by atoms with Crippen molar-refractivity contribution >= 4 is 0 Å². The zero-order valence-electron chi connectivity index (χ0n) is 7.82. The van der Waals surface area contributed by atoms with Crippen LogP contribution in [0.25, 0.3) is 0 Å². The quantitative estimate of drug-likeness (QED) is 0.606. The van der Waals surface area contributed by atoms with Crippen LogP contribution in [0, 0.1) is 0 Å². The molecule has 6 nitrogen and oxygen atoms in total. The van der Waals surface area contributed by atoms with Crippen molar-refractivity contribution in [3.63, 3.8) is 0 Å². The lowest BCUT2D eigenvalue weighted by Gasteiger charge is -2.13. The predicted octanol–water partition coefficient (Wildman–Crippen LogP) is -1.68. The maximum Gasteiger partial charge on any atom is 0.137 e. The summed E-state index contributed by atoms with van der Waals surface area (Å²) in [5.41, 5.74) is 0. The van der Waals surface area contributed by atoms with Gasteiger partial charge in [-0.05, 0) is 0 Å². The molecule has 1 aliphatic rings. The molecule has 1 aromatic heterocycles. The third kappa shape index (κ3) is 2.09. The maximum atomic E-state index is 9.30. The molecule has 78 valence electrons. The minimum Gasteiger partial charge on any atom is -0.389 e. The second kappa shape index (κ2) is 4.04. The average Bonchev–Trinajstić information content (AvgIpc) is 2.74. The minimum atomic E-state index is -0.606. The summed E-state index contributed by atoms with van der Waals surface area (Å²) in [6.45, 7) is 2.59. The minimum absolute atomic E-state index is 0.538.